The molecule has 0 aliphatic heterocycles. The van der Waals surface area contributed by atoms with Crippen molar-refractivity contribution < 1.29 is 9.63 Å². The Kier molecular flexibility index (Phi) is 3.42. The third-order valence-electron chi connectivity index (χ3n) is 2.33. The first kappa shape index (κ1) is 12.0. The van der Waals surface area contributed by atoms with Gasteiger partial charge in [-0.15, -0.1) is 0 Å². The molecular formula is C11H12ClN3O2. The smallest absolute Gasteiger partial charge is 0.246 e. The summed E-state index contributed by atoms with van der Waals surface area (Å²) >= 11 is 5.86. The summed E-state index contributed by atoms with van der Waals surface area (Å²) in [5.74, 6) is 0.605. The Morgan fingerprint density at radius 2 is 2.24 bits per heavy atom. The van der Waals surface area contributed by atoms with Gasteiger partial charge in [-0.05, 0) is 19.1 Å². The van der Waals surface area contributed by atoms with Crippen LogP contribution in [0.25, 0.3) is 11.4 Å². The first-order chi connectivity index (χ1) is 8.08. The van der Waals surface area contributed by atoms with Crippen molar-refractivity contribution in [3.8, 4) is 11.4 Å². The summed E-state index contributed by atoms with van der Waals surface area (Å²) in [7, 11) is 0. The first-order valence-electron chi connectivity index (χ1n) is 5.11. The lowest BCUT2D eigenvalue weighted by Gasteiger charge is -2.08. The topological polar surface area (TPSA) is 85.2 Å². The zero-order chi connectivity index (χ0) is 12.4. The van der Waals surface area contributed by atoms with Gasteiger partial charge in [0.2, 0.25) is 11.7 Å². The molecule has 6 heteroatoms. The van der Waals surface area contributed by atoms with Crippen molar-refractivity contribution in [1.29, 1.82) is 0 Å². The van der Waals surface area contributed by atoms with E-state index >= 15 is 0 Å². The van der Waals surface area contributed by atoms with E-state index in [1.807, 2.05) is 6.07 Å². The van der Waals surface area contributed by atoms with E-state index in [0.717, 1.165) is 5.56 Å². The normalized spacial score (nSPS) is 14.6. The second-order valence-corrected chi connectivity index (χ2v) is 4.17. The van der Waals surface area contributed by atoms with Crippen molar-refractivity contribution in [3.63, 3.8) is 0 Å². The highest BCUT2D eigenvalue weighted by Gasteiger charge is 2.19. The zero-order valence-electron chi connectivity index (χ0n) is 9.17. The van der Waals surface area contributed by atoms with Crippen LogP contribution in [0.3, 0.4) is 0 Å². The Balaban J connectivity index is 2.30. The minimum Gasteiger partial charge on any atom is -0.391 e. The number of aliphatic hydroxyl groups is 1. The molecule has 0 aliphatic rings. The average molecular weight is 254 g/mol. The van der Waals surface area contributed by atoms with Gasteiger partial charge >= 0.3 is 0 Å². The monoisotopic (exact) mass is 253 g/mol. The molecule has 2 unspecified atom stereocenters. The predicted molar refractivity (Wildman–Crippen MR) is 63.4 cm³/mol. The largest absolute Gasteiger partial charge is 0.391 e. The van der Waals surface area contributed by atoms with Gasteiger partial charge in [0.05, 0.1) is 6.10 Å². The molecule has 17 heavy (non-hydrogen) atoms. The van der Waals surface area contributed by atoms with Crippen LogP contribution in [0.1, 0.15) is 18.9 Å². The van der Waals surface area contributed by atoms with Gasteiger partial charge < -0.3 is 15.4 Å². The zero-order valence-corrected chi connectivity index (χ0v) is 9.93. The van der Waals surface area contributed by atoms with Gasteiger partial charge in [-0.2, -0.15) is 4.98 Å². The highest BCUT2D eigenvalue weighted by atomic mass is 35.5. The van der Waals surface area contributed by atoms with Crippen LogP contribution in [-0.4, -0.2) is 21.4 Å². The van der Waals surface area contributed by atoms with E-state index in [-0.39, 0.29) is 5.89 Å². The maximum atomic E-state index is 9.32. The summed E-state index contributed by atoms with van der Waals surface area (Å²) in [5.41, 5.74) is 6.43. The van der Waals surface area contributed by atoms with Gasteiger partial charge in [0.25, 0.3) is 0 Å². The number of benzene rings is 1. The summed E-state index contributed by atoms with van der Waals surface area (Å²) in [5, 5.41) is 13.7. The maximum absolute atomic E-state index is 9.32. The van der Waals surface area contributed by atoms with Crippen LogP contribution < -0.4 is 5.73 Å². The van der Waals surface area contributed by atoms with E-state index in [1.54, 1.807) is 25.1 Å². The molecule has 0 radical (unpaired) electrons. The van der Waals surface area contributed by atoms with Crippen LogP contribution in [0.5, 0.6) is 0 Å². The third kappa shape index (κ3) is 2.63. The molecule has 2 atom stereocenters. The Morgan fingerprint density at radius 1 is 1.47 bits per heavy atom. The molecule has 0 spiro atoms. The Morgan fingerprint density at radius 3 is 2.88 bits per heavy atom. The average Bonchev–Trinajstić information content (AvgIpc) is 2.77. The standard InChI is InChI=1S/C11H12ClN3O2/c1-6(16)9(13)11-14-10(15-17-11)7-3-2-4-8(12)5-7/h2-6,9,16H,13H2,1H3. The molecule has 0 saturated heterocycles. The molecule has 2 rings (SSSR count). The highest BCUT2D eigenvalue weighted by Crippen LogP contribution is 2.21. The second-order valence-electron chi connectivity index (χ2n) is 3.73. The molecule has 0 aliphatic carbocycles. The van der Waals surface area contributed by atoms with Gasteiger partial charge in [-0.25, -0.2) is 0 Å². The quantitative estimate of drug-likeness (QED) is 0.871. The van der Waals surface area contributed by atoms with E-state index in [0.29, 0.717) is 10.8 Å². The fourth-order valence-electron chi connectivity index (χ4n) is 1.32. The molecule has 3 N–H and O–H groups in total. The van der Waals surface area contributed by atoms with Crippen molar-refractivity contribution in [2.75, 3.05) is 0 Å². The van der Waals surface area contributed by atoms with Gasteiger partial charge in [0.15, 0.2) is 0 Å². The predicted octanol–water partition coefficient (Wildman–Crippen LogP) is 1.77. The number of rotatable bonds is 3. The molecule has 0 fully saturated rings. The number of aliphatic hydroxyl groups excluding tert-OH is 1. The molecule has 0 amide bonds. The van der Waals surface area contributed by atoms with Crippen LogP contribution in [0.2, 0.25) is 5.02 Å². The molecule has 90 valence electrons. The SMILES string of the molecule is CC(O)C(N)c1nc(-c2cccc(Cl)c2)no1. The number of nitrogens with zero attached hydrogens (tertiary/aromatic N) is 2. The molecule has 5 nitrogen and oxygen atoms in total. The Hall–Kier alpha value is -1.43. The molecule has 2 aromatic rings. The van der Waals surface area contributed by atoms with E-state index in [2.05, 4.69) is 10.1 Å². The first-order valence-corrected chi connectivity index (χ1v) is 5.49. The summed E-state index contributed by atoms with van der Waals surface area (Å²) in [6.07, 6.45) is -0.748. The summed E-state index contributed by atoms with van der Waals surface area (Å²) in [6.45, 7) is 1.56. The molecule has 1 heterocycles. The van der Waals surface area contributed by atoms with Gasteiger partial charge in [0, 0.05) is 10.6 Å². The number of hydrogen-bond acceptors (Lipinski definition) is 5. The lowest BCUT2D eigenvalue weighted by Crippen LogP contribution is -2.23. The van der Waals surface area contributed by atoms with Gasteiger partial charge in [0.1, 0.15) is 6.04 Å². The van der Waals surface area contributed by atoms with E-state index in [4.69, 9.17) is 21.9 Å². The third-order valence-corrected chi connectivity index (χ3v) is 2.56. The van der Waals surface area contributed by atoms with Crippen molar-refractivity contribution in [1.82, 2.24) is 10.1 Å². The van der Waals surface area contributed by atoms with E-state index in [9.17, 15) is 5.11 Å². The van der Waals surface area contributed by atoms with E-state index in [1.165, 1.54) is 0 Å². The maximum Gasteiger partial charge on any atom is 0.246 e. The van der Waals surface area contributed by atoms with Crippen LogP contribution in [-0.2, 0) is 0 Å². The van der Waals surface area contributed by atoms with Crippen molar-refractivity contribution >= 4 is 11.6 Å². The highest BCUT2D eigenvalue weighted by molar-refractivity contribution is 6.30. The minimum absolute atomic E-state index is 0.204. The van der Waals surface area contributed by atoms with Gasteiger partial charge in [-0.3, -0.25) is 0 Å². The number of hydrogen-bond donors (Lipinski definition) is 2. The number of aromatic nitrogens is 2. The summed E-state index contributed by atoms with van der Waals surface area (Å²) < 4.78 is 4.99. The Bertz CT molecular complexity index is 513. The van der Waals surface area contributed by atoms with Crippen molar-refractivity contribution in [2.24, 2.45) is 5.73 Å². The van der Waals surface area contributed by atoms with Crippen LogP contribution >= 0.6 is 11.6 Å². The fraction of sp³-hybridized carbons (Fsp3) is 0.273. The van der Waals surface area contributed by atoms with Crippen LogP contribution in [0.15, 0.2) is 28.8 Å². The van der Waals surface area contributed by atoms with Crippen LogP contribution in [0, 0.1) is 0 Å². The summed E-state index contributed by atoms with van der Waals surface area (Å²) in [4.78, 5) is 4.12. The van der Waals surface area contributed by atoms with Gasteiger partial charge in [-0.1, -0.05) is 28.9 Å². The number of nitrogens with two attached hydrogens (primary N) is 1. The fourth-order valence-corrected chi connectivity index (χ4v) is 1.51. The Labute approximate surface area is 103 Å². The van der Waals surface area contributed by atoms with Crippen molar-refractivity contribution in [2.45, 2.75) is 19.1 Å². The molecule has 1 aromatic heterocycles. The lowest BCUT2D eigenvalue weighted by atomic mass is 10.2. The molecular weight excluding hydrogens is 242 g/mol. The second kappa shape index (κ2) is 4.83. The molecule has 0 saturated carbocycles. The minimum atomic E-state index is -0.748. The molecule has 0 bridgehead atoms. The van der Waals surface area contributed by atoms with Crippen molar-refractivity contribution in [3.05, 3.63) is 35.2 Å². The number of halogens is 1. The molecule has 1 aromatic carbocycles. The van der Waals surface area contributed by atoms with Crippen LogP contribution in [0.4, 0.5) is 0 Å². The van der Waals surface area contributed by atoms with E-state index < -0.39 is 12.1 Å². The summed E-state index contributed by atoms with van der Waals surface area (Å²) in [6, 6.07) is 6.41. The lowest BCUT2D eigenvalue weighted by molar-refractivity contribution is 0.146.